The number of amides is 1. The Morgan fingerprint density at radius 2 is 2.00 bits per heavy atom. The van der Waals surface area contributed by atoms with Gasteiger partial charge in [-0.1, -0.05) is 11.6 Å². The normalized spacial score (nSPS) is 19.6. The van der Waals surface area contributed by atoms with E-state index in [0.29, 0.717) is 17.1 Å². The maximum Gasteiger partial charge on any atom is 0.334 e. The van der Waals surface area contributed by atoms with Gasteiger partial charge in [-0.15, -0.1) is 0 Å². The predicted octanol–water partition coefficient (Wildman–Crippen LogP) is 1.27. The van der Waals surface area contributed by atoms with E-state index in [2.05, 4.69) is 0 Å². The smallest absolute Gasteiger partial charge is 0.334 e. The van der Waals surface area contributed by atoms with Crippen molar-refractivity contribution in [1.29, 1.82) is 0 Å². The number of ether oxygens (including phenoxy) is 1. The van der Waals surface area contributed by atoms with E-state index < -0.39 is 12.1 Å². The quantitative estimate of drug-likeness (QED) is 0.878. The summed E-state index contributed by atoms with van der Waals surface area (Å²) in [5.74, 6) is -1.26. The summed E-state index contributed by atoms with van der Waals surface area (Å²) in [5, 5.41) is 9.42. The first-order valence-corrected chi connectivity index (χ1v) is 5.85. The molecule has 0 radical (unpaired) electrons. The number of carboxylic acids is 1. The number of hydrogen-bond donors (Lipinski definition) is 1. The van der Waals surface area contributed by atoms with Gasteiger partial charge in [0.05, 0.1) is 13.2 Å². The first-order valence-electron chi connectivity index (χ1n) is 5.47. The lowest BCUT2D eigenvalue weighted by Crippen LogP contribution is -2.48. The second-order valence-corrected chi connectivity index (χ2v) is 4.39. The number of nitrogens with zero attached hydrogens (tertiary/aromatic N) is 1. The molecule has 1 saturated heterocycles. The van der Waals surface area contributed by atoms with Gasteiger partial charge in [0, 0.05) is 17.1 Å². The van der Waals surface area contributed by atoms with E-state index in [1.165, 1.54) is 4.90 Å². The Morgan fingerprint density at radius 1 is 1.33 bits per heavy atom. The summed E-state index contributed by atoms with van der Waals surface area (Å²) in [6.07, 6.45) is -0.949. The second-order valence-electron chi connectivity index (χ2n) is 3.96. The lowest BCUT2D eigenvalue weighted by molar-refractivity contribution is -0.154. The van der Waals surface area contributed by atoms with Crippen LogP contribution in [-0.4, -0.2) is 47.7 Å². The minimum Gasteiger partial charge on any atom is -0.479 e. The zero-order chi connectivity index (χ0) is 13.1. The Labute approximate surface area is 109 Å². The van der Waals surface area contributed by atoms with E-state index in [9.17, 15) is 9.59 Å². The molecular formula is C12H12ClNO4. The topological polar surface area (TPSA) is 66.8 Å². The maximum atomic E-state index is 12.1. The van der Waals surface area contributed by atoms with Crippen molar-refractivity contribution in [3.8, 4) is 0 Å². The van der Waals surface area contributed by atoms with Gasteiger partial charge in [-0.05, 0) is 24.3 Å². The van der Waals surface area contributed by atoms with Gasteiger partial charge in [0.25, 0.3) is 5.91 Å². The van der Waals surface area contributed by atoms with Crippen LogP contribution in [0, 0.1) is 0 Å². The molecule has 0 aromatic heterocycles. The Bertz CT molecular complexity index is 460. The molecular weight excluding hydrogens is 258 g/mol. The van der Waals surface area contributed by atoms with Gasteiger partial charge in [0.2, 0.25) is 0 Å². The highest BCUT2D eigenvalue weighted by molar-refractivity contribution is 6.30. The van der Waals surface area contributed by atoms with E-state index >= 15 is 0 Å². The summed E-state index contributed by atoms with van der Waals surface area (Å²) in [6.45, 7) is 0.693. The molecule has 2 rings (SSSR count). The average Bonchev–Trinajstić information content (AvgIpc) is 2.39. The van der Waals surface area contributed by atoms with Gasteiger partial charge in [0.1, 0.15) is 0 Å². The van der Waals surface area contributed by atoms with Crippen molar-refractivity contribution in [1.82, 2.24) is 4.90 Å². The van der Waals surface area contributed by atoms with Crippen LogP contribution in [0.15, 0.2) is 24.3 Å². The third-order valence-electron chi connectivity index (χ3n) is 2.72. The molecule has 1 aromatic rings. The molecule has 1 N–H and O–H groups in total. The number of morpholine rings is 1. The monoisotopic (exact) mass is 269 g/mol. The van der Waals surface area contributed by atoms with Crippen LogP contribution in [0.1, 0.15) is 10.4 Å². The predicted molar refractivity (Wildman–Crippen MR) is 64.7 cm³/mol. The minimum atomic E-state index is -1.05. The number of benzene rings is 1. The van der Waals surface area contributed by atoms with E-state index in [4.69, 9.17) is 21.4 Å². The highest BCUT2D eigenvalue weighted by Gasteiger charge is 2.29. The molecule has 1 amide bonds. The van der Waals surface area contributed by atoms with Gasteiger partial charge in [-0.2, -0.15) is 0 Å². The van der Waals surface area contributed by atoms with Crippen molar-refractivity contribution in [2.24, 2.45) is 0 Å². The molecule has 6 heteroatoms. The van der Waals surface area contributed by atoms with E-state index in [-0.39, 0.29) is 19.1 Å². The Hall–Kier alpha value is -1.59. The maximum absolute atomic E-state index is 12.1. The molecule has 0 spiro atoms. The van der Waals surface area contributed by atoms with E-state index in [1.807, 2.05) is 0 Å². The zero-order valence-electron chi connectivity index (χ0n) is 9.51. The van der Waals surface area contributed by atoms with Crippen LogP contribution in [0.4, 0.5) is 0 Å². The number of carbonyl (C=O) groups excluding carboxylic acids is 1. The van der Waals surface area contributed by atoms with Crippen LogP contribution in [0.3, 0.4) is 0 Å². The first-order chi connectivity index (χ1) is 8.58. The lowest BCUT2D eigenvalue weighted by atomic mass is 10.1. The van der Waals surface area contributed by atoms with Crippen LogP contribution < -0.4 is 0 Å². The Morgan fingerprint density at radius 3 is 2.61 bits per heavy atom. The number of hydrogen-bond acceptors (Lipinski definition) is 3. The molecule has 5 nitrogen and oxygen atoms in total. The summed E-state index contributed by atoms with van der Waals surface area (Å²) in [5.41, 5.74) is 0.491. The number of halogens is 1. The van der Waals surface area contributed by atoms with E-state index in [1.54, 1.807) is 24.3 Å². The standard InChI is InChI=1S/C12H12ClNO4/c13-9-3-1-8(2-4-9)11(15)14-5-6-18-10(7-14)12(16)17/h1-4,10H,5-7H2,(H,16,17). The molecule has 18 heavy (non-hydrogen) atoms. The Balaban J connectivity index is 2.09. The highest BCUT2D eigenvalue weighted by Crippen LogP contribution is 2.14. The van der Waals surface area contributed by atoms with Crippen molar-refractivity contribution in [2.75, 3.05) is 19.7 Å². The summed E-state index contributed by atoms with van der Waals surface area (Å²) in [6, 6.07) is 6.50. The van der Waals surface area contributed by atoms with Crippen molar-refractivity contribution < 1.29 is 19.4 Å². The molecule has 1 heterocycles. The highest BCUT2D eigenvalue weighted by atomic mass is 35.5. The van der Waals surface area contributed by atoms with Gasteiger partial charge in [0.15, 0.2) is 6.10 Å². The van der Waals surface area contributed by atoms with Gasteiger partial charge in [-0.3, -0.25) is 4.79 Å². The van der Waals surface area contributed by atoms with Gasteiger partial charge < -0.3 is 14.7 Å². The Kier molecular flexibility index (Phi) is 3.84. The third kappa shape index (κ3) is 2.80. The number of carboxylic acid groups (broad SMARTS) is 1. The number of rotatable bonds is 2. The third-order valence-corrected chi connectivity index (χ3v) is 2.97. The van der Waals surface area contributed by atoms with Crippen LogP contribution in [0.5, 0.6) is 0 Å². The van der Waals surface area contributed by atoms with Crippen molar-refractivity contribution in [2.45, 2.75) is 6.10 Å². The summed E-state index contributed by atoms with van der Waals surface area (Å²) < 4.78 is 5.06. The summed E-state index contributed by atoms with van der Waals surface area (Å²) in [7, 11) is 0. The fourth-order valence-electron chi connectivity index (χ4n) is 1.76. The fourth-order valence-corrected chi connectivity index (χ4v) is 1.88. The molecule has 0 saturated carbocycles. The molecule has 1 fully saturated rings. The second kappa shape index (κ2) is 5.37. The largest absolute Gasteiger partial charge is 0.479 e. The van der Waals surface area contributed by atoms with Crippen molar-refractivity contribution in [3.63, 3.8) is 0 Å². The van der Waals surface area contributed by atoms with Crippen molar-refractivity contribution >= 4 is 23.5 Å². The van der Waals surface area contributed by atoms with E-state index in [0.717, 1.165) is 0 Å². The molecule has 0 bridgehead atoms. The molecule has 1 atom stereocenters. The average molecular weight is 270 g/mol. The number of carbonyl (C=O) groups is 2. The SMILES string of the molecule is O=C(O)C1CN(C(=O)c2ccc(Cl)cc2)CCO1. The van der Waals surface area contributed by atoms with Gasteiger partial charge >= 0.3 is 5.97 Å². The minimum absolute atomic E-state index is 0.0663. The zero-order valence-corrected chi connectivity index (χ0v) is 10.3. The van der Waals surface area contributed by atoms with Crippen LogP contribution >= 0.6 is 11.6 Å². The summed E-state index contributed by atoms with van der Waals surface area (Å²) >= 11 is 5.74. The van der Waals surface area contributed by atoms with Crippen molar-refractivity contribution in [3.05, 3.63) is 34.9 Å². The fraction of sp³-hybridized carbons (Fsp3) is 0.333. The molecule has 0 aliphatic carbocycles. The summed E-state index contributed by atoms with van der Waals surface area (Å²) in [4.78, 5) is 24.4. The number of aliphatic carboxylic acids is 1. The molecule has 1 aliphatic heterocycles. The lowest BCUT2D eigenvalue weighted by Gasteiger charge is -2.30. The van der Waals surface area contributed by atoms with Crippen LogP contribution in [-0.2, 0) is 9.53 Å². The van der Waals surface area contributed by atoms with Crippen LogP contribution in [0.2, 0.25) is 5.02 Å². The first kappa shape index (κ1) is 12.9. The molecule has 96 valence electrons. The van der Waals surface area contributed by atoms with Crippen LogP contribution in [0.25, 0.3) is 0 Å². The molecule has 1 aromatic carbocycles. The van der Waals surface area contributed by atoms with Gasteiger partial charge in [-0.25, -0.2) is 4.79 Å². The molecule has 1 unspecified atom stereocenters. The molecule has 1 aliphatic rings.